The Balaban J connectivity index is 1.20. The Morgan fingerprint density at radius 1 is 0.909 bits per heavy atom. The largest absolute Gasteiger partial charge is 0.490 e. The van der Waals surface area contributed by atoms with Crippen LogP contribution < -0.4 is 14.4 Å². The Hall–Kier alpha value is -5.04. The number of aromatic nitrogens is 1. The third kappa shape index (κ3) is 5.91. The molecule has 7 heteroatoms. The highest BCUT2D eigenvalue weighted by Crippen LogP contribution is 2.33. The number of ether oxygens (including phenoxy) is 3. The standard InChI is InChI=1S/C37H36N2O5/c1-24-14-17-33-32(18-24)31(20-36(40)43-22-27-10-6-5-7-11-27)26(3)39(33)37(41)30-16-15-28(19-25(30)2)42-23-29-21-38(4)34-12-8-9-13-35(34)44-29/h5-19,29H,20-23H2,1-4H3/t29-/m0/s1. The van der Waals surface area contributed by atoms with Crippen molar-refractivity contribution < 1.29 is 23.8 Å². The molecule has 1 aliphatic rings. The van der Waals surface area contributed by atoms with Crippen LogP contribution in [0.1, 0.15) is 38.3 Å². The molecule has 0 saturated carbocycles. The number of benzene rings is 4. The lowest BCUT2D eigenvalue weighted by atomic mass is 10.1. The maximum Gasteiger partial charge on any atom is 0.310 e. The number of esters is 1. The van der Waals surface area contributed by atoms with Crippen LogP contribution in [0.2, 0.25) is 0 Å². The van der Waals surface area contributed by atoms with Gasteiger partial charge in [-0.1, -0.05) is 54.1 Å². The smallest absolute Gasteiger partial charge is 0.310 e. The van der Waals surface area contributed by atoms with E-state index in [-0.39, 0.29) is 31.0 Å². The van der Waals surface area contributed by atoms with E-state index in [1.54, 1.807) is 4.57 Å². The molecule has 0 bridgehead atoms. The summed E-state index contributed by atoms with van der Waals surface area (Å²) >= 11 is 0. The first kappa shape index (κ1) is 29.1. The van der Waals surface area contributed by atoms with Crippen molar-refractivity contribution >= 4 is 28.5 Å². The van der Waals surface area contributed by atoms with Gasteiger partial charge in [-0.2, -0.15) is 0 Å². The summed E-state index contributed by atoms with van der Waals surface area (Å²) in [7, 11) is 2.05. The van der Waals surface area contributed by atoms with Gasteiger partial charge < -0.3 is 19.1 Å². The van der Waals surface area contributed by atoms with E-state index in [0.717, 1.165) is 50.3 Å². The number of carbonyl (C=O) groups excluding carboxylic acids is 2. The summed E-state index contributed by atoms with van der Waals surface area (Å²) in [5.41, 5.74) is 6.71. The molecule has 0 fully saturated rings. The molecule has 0 amide bonds. The van der Waals surface area contributed by atoms with Crippen LogP contribution in [-0.4, -0.2) is 42.7 Å². The summed E-state index contributed by atoms with van der Waals surface area (Å²) < 4.78 is 19.6. The van der Waals surface area contributed by atoms with Crippen molar-refractivity contribution in [1.82, 2.24) is 4.57 Å². The molecule has 224 valence electrons. The molecule has 2 heterocycles. The molecular formula is C37H36N2O5. The zero-order chi connectivity index (χ0) is 30.8. The number of likely N-dealkylation sites (N-methyl/N-ethyl adjacent to an activating group) is 1. The molecule has 0 spiro atoms. The number of para-hydroxylation sites is 2. The van der Waals surface area contributed by atoms with Gasteiger partial charge in [0.2, 0.25) is 0 Å². The van der Waals surface area contributed by atoms with Gasteiger partial charge in [-0.3, -0.25) is 14.2 Å². The van der Waals surface area contributed by atoms with Crippen molar-refractivity contribution in [3.8, 4) is 11.5 Å². The van der Waals surface area contributed by atoms with Crippen LogP contribution in [0.25, 0.3) is 10.9 Å². The Bertz CT molecular complexity index is 1840. The second-order valence-corrected chi connectivity index (χ2v) is 11.4. The summed E-state index contributed by atoms with van der Waals surface area (Å²) in [5.74, 6) is 1.04. The van der Waals surface area contributed by atoms with Gasteiger partial charge in [-0.15, -0.1) is 0 Å². The van der Waals surface area contributed by atoms with Gasteiger partial charge in [0.15, 0.2) is 0 Å². The van der Waals surface area contributed by atoms with Gasteiger partial charge in [0, 0.05) is 23.7 Å². The number of rotatable bonds is 8. The van der Waals surface area contributed by atoms with E-state index in [0.29, 0.717) is 24.5 Å². The molecule has 6 rings (SSSR count). The fraction of sp³-hybridized carbons (Fsp3) is 0.243. The van der Waals surface area contributed by atoms with Crippen LogP contribution in [0, 0.1) is 20.8 Å². The lowest BCUT2D eigenvalue weighted by Crippen LogP contribution is -2.41. The van der Waals surface area contributed by atoms with Crippen molar-refractivity contribution in [1.29, 1.82) is 0 Å². The highest BCUT2D eigenvalue weighted by molar-refractivity contribution is 6.05. The van der Waals surface area contributed by atoms with Crippen molar-refractivity contribution in [3.05, 3.63) is 125 Å². The highest BCUT2D eigenvalue weighted by atomic mass is 16.5. The zero-order valence-corrected chi connectivity index (χ0v) is 25.5. The van der Waals surface area contributed by atoms with E-state index < -0.39 is 0 Å². The lowest BCUT2D eigenvalue weighted by molar-refractivity contribution is -0.144. The van der Waals surface area contributed by atoms with Gasteiger partial charge >= 0.3 is 5.97 Å². The van der Waals surface area contributed by atoms with E-state index in [1.165, 1.54) is 0 Å². The minimum atomic E-state index is -0.334. The van der Waals surface area contributed by atoms with Gasteiger partial charge in [0.05, 0.1) is 24.2 Å². The Labute approximate surface area is 257 Å². The first-order valence-corrected chi connectivity index (χ1v) is 14.8. The summed E-state index contributed by atoms with van der Waals surface area (Å²) in [6, 6.07) is 29.1. The summed E-state index contributed by atoms with van der Waals surface area (Å²) in [6.07, 6.45) is -0.0419. The maximum atomic E-state index is 14.0. The molecule has 1 aliphatic heterocycles. The minimum Gasteiger partial charge on any atom is -0.490 e. The number of nitrogens with zero attached hydrogens (tertiary/aromatic N) is 2. The van der Waals surface area contributed by atoms with E-state index in [9.17, 15) is 9.59 Å². The molecule has 0 N–H and O–H groups in total. The number of anilines is 1. The van der Waals surface area contributed by atoms with Crippen LogP contribution >= 0.6 is 0 Å². The molecule has 1 aromatic heterocycles. The van der Waals surface area contributed by atoms with Gasteiger partial charge in [0.1, 0.15) is 30.8 Å². The highest BCUT2D eigenvalue weighted by Gasteiger charge is 2.25. The summed E-state index contributed by atoms with van der Waals surface area (Å²) in [4.78, 5) is 29.1. The predicted molar refractivity (Wildman–Crippen MR) is 172 cm³/mol. The number of hydrogen-bond acceptors (Lipinski definition) is 6. The number of hydrogen-bond donors (Lipinski definition) is 0. The minimum absolute atomic E-state index is 0.0769. The van der Waals surface area contributed by atoms with Crippen LogP contribution in [0.15, 0.2) is 91.0 Å². The van der Waals surface area contributed by atoms with Crippen molar-refractivity contribution in [2.75, 3.05) is 25.1 Å². The fourth-order valence-electron chi connectivity index (χ4n) is 5.87. The monoisotopic (exact) mass is 588 g/mol. The third-order valence-corrected chi connectivity index (χ3v) is 8.17. The van der Waals surface area contributed by atoms with Crippen LogP contribution in [0.4, 0.5) is 5.69 Å². The second kappa shape index (κ2) is 12.3. The quantitative estimate of drug-likeness (QED) is 0.185. The van der Waals surface area contributed by atoms with Crippen LogP contribution in [0.5, 0.6) is 11.5 Å². The molecular weight excluding hydrogens is 552 g/mol. The molecule has 0 aliphatic carbocycles. The lowest BCUT2D eigenvalue weighted by Gasteiger charge is -2.33. The van der Waals surface area contributed by atoms with Crippen LogP contribution in [0.3, 0.4) is 0 Å². The normalized spacial score (nSPS) is 14.2. The molecule has 44 heavy (non-hydrogen) atoms. The number of aryl methyl sites for hydroxylation is 2. The average Bonchev–Trinajstić information content (AvgIpc) is 3.29. The fourth-order valence-corrected chi connectivity index (χ4v) is 5.87. The van der Waals surface area contributed by atoms with Crippen molar-refractivity contribution in [3.63, 3.8) is 0 Å². The zero-order valence-electron chi connectivity index (χ0n) is 25.5. The Morgan fingerprint density at radius 2 is 1.68 bits per heavy atom. The molecule has 5 aromatic rings. The Morgan fingerprint density at radius 3 is 2.48 bits per heavy atom. The average molecular weight is 589 g/mol. The predicted octanol–water partition coefficient (Wildman–Crippen LogP) is 6.82. The Kier molecular flexibility index (Phi) is 8.11. The van der Waals surface area contributed by atoms with E-state index in [1.807, 2.05) is 119 Å². The molecule has 0 saturated heterocycles. The summed E-state index contributed by atoms with van der Waals surface area (Å²) in [6.45, 7) is 7.11. The number of fused-ring (bicyclic) bond motifs is 2. The molecule has 4 aromatic carbocycles. The van der Waals surface area contributed by atoms with Gasteiger partial charge in [-0.25, -0.2) is 0 Å². The molecule has 0 radical (unpaired) electrons. The van der Waals surface area contributed by atoms with Crippen LogP contribution in [-0.2, 0) is 22.6 Å². The van der Waals surface area contributed by atoms with E-state index in [2.05, 4.69) is 4.90 Å². The molecule has 0 unspecified atom stereocenters. The summed E-state index contributed by atoms with van der Waals surface area (Å²) in [5, 5.41) is 0.879. The van der Waals surface area contributed by atoms with E-state index in [4.69, 9.17) is 14.2 Å². The second-order valence-electron chi connectivity index (χ2n) is 11.4. The maximum absolute atomic E-state index is 14.0. The third-order valence-electron chi connectivity index (χ3n) is 8.17. The number of carbonyl (C=O) groups is 2. The van der Waals surface area contributed by atoms with Crippen molar-refractivity contribution in [2.24, 2.45) is 0 Å². The van der Waals surface area contributed by atoms with E-state index >= 15 is 0 Å². The van der Waals surface area contributed by atoms with Gasteiger partial charge in [0.25, 0.3) is 5.91 Å². The van der Waals surface area contributed by atoms with Crippen molar-refractivity contribution in [2.45, 2.75) is 39.9 Å². The first-order valence-electron chi connectivity index (χ1n) is 14.8. The molecule has 1 atom stereocenters. The topological polar surface area (TPSA) is 70.0 Å². The first-order chi connectivity index (χ1) is 21.3. The molecule has 7 nitrogen and oxygen atoms in total. The van der Waals surface area contributed by atoms with Gasteiger partial charge in [-0.05, 0) is 79.9 Å². The SMILES string of the molecule is Cc1ccc2c(c1)c(CC(=O)OCc1ccccc1)c(C)n2C(=O)c1ccc(OC[C@@H]2CN(C)c3ccccc3O2)cc1C.